The van der Waals surface area contributed by atoms with Crippen LogP contribution in [-0.4, -0.2) is 16.6 Å². The number of hydrogen-bond donors (Lipinski definition) is 0. The van der Waals surface area contributed by atoms with Crippen LogP contribution in [0.3, 0.4) is 0 Å². The van der Waals surface area contributed by atoms with E-state index in [0.717, 1.165) is 16.4 Å². The molecule has 2 aliphatic rings. The summed E-state index contributed by atoms with van der Waals surface area (Å²) in [7, 11) is 0. The summed E-state index contributed by atoms with van der Waals surface area (Å²) in [6.45, 7) is 1.01. The summed E-state index contributed by atoms with van der Waals surface area (Å²) in [6, 6.07) is 0. The third-order valence-electron chi connectivity index (χ3n) is 2.38. The molecule has 2 heteroatoms. The van der Waals surface area contributed by atoms with Gasteiger partial charge in [0.25, 0.3) is 0 Å². The SMILES string of the molecule is I[C@@H]1CCCO[C@H]1C1CC1. The largest absolute Gasteiger partial charge is 0.377 e. The van der Waals surface area contributed by atoms with Crippen LogP contribution in [0.2, 0.25) is 0 Å². The Morgan fingerprint density at radius 3 is 2.60 bits per heavy atom. The fourth-order valence-electron chi connectivity index (χ4n) is 1.62. The molecule has 0 aromatic carbocycles. The molecule has 1 aliphatic carbocycles. The minimum Gasteiger partial charge on any atom is -0.377 e. The van der Waals surface area contributed by atoms with Crippen molar-refractivity contribution in [1.29, 1.82) is 0 Å². The van der Waals surface area contributed by atoms with E-state index in [4.69, 9.17) is 4.74 Å². The van der Waals surface area contributed by atoms with Crippen LogP contribution >= 0.6 is 22.6 Å². The molecule has 58 valence electrons. The van der Waals surface area contributed by atoms with E-state index in [2.05, 4.69) is 22.6 Å². The second-order valence-electron chi connectivity index (χ2n) is 3.33. The van der Waals surface area contributed by atoms with Gasteiger partial charge in [0, 0.05) is 10.5 Å². The van der Waals surface area contributed by atoms with Crippen LogP contribution in [0, 0.1) is 5.92 Å². The first-order valence-corrected chi connectivity index (χ1v) is 5.38. The molecule has 2 rings (SSSR count). The smallest absolute Gasteiger partial charge is 0.0720 e. The Hall–Kier alpha value is 0.690. The Kier molecular flexibility index (Phi) is 2.18. The fourth-order valence-corrected chi connectivity index (χ4v) is 2.86. The molecule has 0 spiro atoms. The number of rotatable bonds is 1. The van der Waals surface area contributed by atoms with Gasteiger partial charge in [-0.2, -0.15) is 0 Å². The van der Waals surface area contributed by atoms with Gasteiger partial charge in [0.05, 0.1) is 6.10 Å². The summed E-state index contributed by atoms with van der Waals surface area (Å²) in [5.41, 5.74) is 0. The highest BCUT2D eigenvalue weighted by molar-refractivity contribution is 14.1. The van der Waals surface area contributed by atoms with Gasteiger partial charge in [0.1, 0.15) is 0 Å². The van der Waals surface area contributed by atoms with Crippen molar-refractivity contribution < 1.29 is 4.74 Å². The third-order valence-corrected chi connectivity index (χ3v) is 3.71. The first-order chi connectivity index (χ1) is 4.88. The normalized spacial score (nSPS) is 41.7. The molecule has 0 aromatic rings. The Balaban J connectivity index is 1.90. The Morgan fingerprint density at radius 1 is 1.20 bits per heavy atom. The maximum atomic E-state index is 5.71. The third kappa shape index (κ3) is 1.47. The average molecular weight is 252 g/mol. The van der Waals surface area contributed by atoms with Gasteiger partial charge in [0.15, 0.2) is 0 Å². The van der Waals surface area contributed by atoms with E-state index in [1.165, 1.54) is 25.7 Å². The van der Waals surface area contributed by atoms with Crippen LogP contribution < -0.4 is 0 Å². The summed E-state index contributed by atoms with van der Waals surface area (Å²) < 4.78 is 6.51. The lowest BCUT2D eigenvalue weighted by molar-refractivity contribution is 0.0114. The van der Waals surface area contributed by atoms with Crippen LogP contribution in [0.25, 0.3) is 0 Å². The van der Waals surface area contributed by atoms with Gasteiger partial charge in [-0.15, -0.1) is 0 Å². The molecule has 0 N–H and O–H groups in total. The average Bonchev–Trinajstić information content (AvgIpc) is 2.71. The van der Waals surface area contributed by atoms with Crippen LogP contribution in [0.5, 0.6) is 0 Å². The second-order valence-corrected chi connectivity index (χ2v) is 4.93. The van der Waals surface area contributed by atoms with E-state index in [1.54, 1.807) is 0 Å². The van der Waals surface area contributed by atoms with E-state index in [1.807, 2.05) is 0 Å². The summed E-state index contributed by atoms with van der Waals surface area (Å²) >= 11 is 2.55. The maximum Gasteiger partial charge on any atom is 0.0720 e. The molecule has 2 atom stereocenters. The fraction of sp³-hybridized carbons (Fsp3) is 1.00. The lowest BCUT2D eigenvalue weighted by atomic mass is 10.1. The molecule has 0 bridgehead atoms. The predicted molar refractivity (Wildman–Crippen MR) is 49.5 cm³/mol. The first-order valence-electron chi connectivity index (χ1n) is 4.13. The van der Waals surface area contributed by atoms with E-state index in [0.29, 0.717) is 6.10 Å². The maximum absolute atomic E-state index is 5.71. The van der Waals surface area contributed by atoms with Gasteiger partial charge >= 0.3 is 0 Å². The summed E-state index contributed by atoms with van der Waals surface area (Å²) in [4.78, 5) is 0. The monoisotopic (exact) mass is 252 g/mol. The van der Waals surface area contributed by atoms with Crippen molar-refractivity contribution in [2.45, 2.75) is 35.7 Å². The lowest BCUT2D eigenvalue weighted by Gasteiger charge is -2.27. The van der Waals surface area contributed by atoms with Gasteiger partial charge in [-0.3, -0.25) is 0 Å². The zero-order chi connectivity index (χ0) is 6.97. The Morgan fingerprint density at radius 2 is 2.00 bits per heavy atom. The Bertz CT molecular complexity index is 122. The van der Waals surface area contributed by atoms with Gasteiger partial charge in [-0.25, -0.2) is 0 Å². The molecule has 0 radical (unpaired) electrons. The molecule has 1 nitrogen and oxygen atoms in total. The summed E-state index contributed by atoms with van der Waals surface area (Å²) in [5.74, 6) is 0.933. The van der Waals surface area contributed by atoms with Gasteiger partial charge in [-0.1, -0.05) is 22.6 Å². The molecule has 1 aliphatic heterocycles. The summed E-state index contributed by atoms with van der Waals surface area (Å²) in [5, 5.41) is 0. The highest BCUT2D eigenvalue weighted by atomic mass is 127. The molecular formula is C8H13IO. The number of ether oxygens (including phenoxy) is 1. The predicted octanol–water partition coefficient (Wildman–Crippen LogP) is 2.38. The lowest BCUT2D eigenvalue weighted by Crippen LogP contribution is -2.31. The van der Waals surface area contributed by atoms with Crippen molar-refractivity contribution in [2.75, 3.05) is 6.61 Å². The van der Waals surface area contributed by atoms with Crippen molar-refractivity contribution in [3.63, 3.8) is 0 Å². The molecule has 1 heterocycles. The quantitative estimate of drug-likeness (QED) is 0.514. The van der Waals surface area contributed by atoms with E-state index in [-0.39, 0.29) is 0 Å². The molecule has 10 heavy (non-hydrogen) atoms. The molecule has 2 fully saturated rings. The minimum absolute atomic E-state index is 0.620. The van der Waals surface area contributed by atoms with Crippen LogP contribution in [0.4, 0.5) is 0 Å². The first kappa shape index (κ1) is 7.35. The van der Waals surface area contributed by atoms with Crippen LogP contribution in [-0.2, 0) is 4.74 Å². The highest BCUT2D eigenvalue weighted by Gasteiger charge is 2.37. The summed E-state index contributed by atoms with van der Waals surface area (Å²) in [6.07, 6.45) is 6.11. The number of hydrogen-bond acceptors (Lipinski definition) is 1. The molecule has 0 amide bonds. The van der Waals surface area contributed by atoms with Gasteiger partial charge in [0.2, 0.25) is 0 Å². The molecule has 0 unspecified atom stereocenters. The van der Waals surface area contributed by atoms with Crippen molar-refractivity contribution in [2.24, 2.45) is 5.92 Å². The van der Waals surface area contributed by atoms with Crippen LogP contribution in [0.1, 0.15) is 25.7 Å². The second kappa shape index (κ2) is 2.97. The van der Waals surface area contributed by atoms with E-state index >= 15 is 0 Å². The van der Waals surface area contributed by atoms with Crippen molar-refractivity contribution >= 4 is 22.6 Å². The van der Waals surface area contributed by atoms with Crippen LogP contribution in [0.15, 0.2) is 0 Å². The molecule has 1 saturated carbocycles. The highest BCUT2D eigenvalue weighted by Crippen LogP contribution is 2.40. The minimum atomic E-state index is 0.620. The number of halogens is 1. The zero-order valence-electron chi connectivity index (χ0n) is 6.05. The Labute approximate surface area is 75.7 Å². The molecular weight excluding hydrogens is 239 g/mol. The van der Waals surface area contributed by atoms with Gasteiger partial charge in [-0.05, 0) is 31.6 Å². The van der Waals surface area contributed by atoms with Crippen molar-refractivity contribution in [3.8, 4) is 0 Å². The van der Waals surface area contributed by atoms with Crippen molar-refractivity contribution in [1.82, 2.24) is 0 Å². The van der Waals surface area contributed by atoms with E-state index in [9.17, 15) is 0 Å². The number of alkyl halides is 1. The molecule has 1 saturated heterocycles. The zero-order valence-corrected chi connectivity index (χ0v) is 8.21. The molecule has 0 aromatic heterocycles. The standard InChI is InChI=1S/C8H13IO/c9-7-2-1-5-10-8(7)6-3-4-6/h6-8H,1-5H2/t7-,8+/m1/s1. The van der Waals surface area contributed by atoms with Crippen molar-refractivity contribution in [3.05, 3.63) is 0 Å². The van der Waals surface area contributed by atoms with E-state index < -0.39 is 0 Å². The van der Waals surface area contributed by atoms with Gasteiger partial charge < -0.3 is 4.74 Å². The topological polar surface area (TPSA) is 9.23 Å².